The molecule has 0 spiro atoms. The fourth-order valence-corrected chi connectivity index (χ4v) is 7.18. The third-order valence-electron chi connectivity index (χ3n) is 9.56. The van der Waals surface area contributed by atoms with E-state index in [0.29, 0.717) is 58.2 Å². The van der Waals surface area contributed by atoms with E-state index in [9.17, 15) is 13.6 Å². The normalized spacial score (nSPS) is 19.3. The number of methoxy groups -OCH3 is 2. The number of ether oxygens (including phenoxy) is 2. The predicted molar refractivity (Wildman–Crippen MR) is 184 cm³/mol. The second-order valence-electron chi connectivity index (χ2n) is 13.0. The lowest BCUT2D eigenvalue weighted by Crippen LogP contribution is -2.47. The minimum atomic E-state index is -0.821. The summed E-state index contributed by atoms with van der Waals surface area (Å²) in [7, 11) is 4.80. The first kappa shape index (κ1) is 33.5. The number of carbonyl (C=O) groups is 1. The van der Waals surface area contributed by atoms with Crippen molar-refractivity contribution in [1.29, 1.82) is 0 Å². The molecule has 268 valence electrons. The Morgan fingerprint density at radius 3 is 2.62 bits per heavy atom. The monoisotopic (exact) mass is 713 g/mol. The van der Waals surface area contributed by atoms with Crippen molar-refractivity contribution in [3.05, 3.63) is 77.9 Å². The first-order chi connectivity index (χ1) is 25.1. The first-order valence-electron chi connectivity index (χ1n) is 16.6. The number of nitrogens with zero attached hydrogens (tertiary/aromatic N) is 10. The summed E-state index contributed by atoms with van der Waals surface area (Å²) in [5.74, 6) is -0.577. The highest BCUT2D eigenvalue weighted by atomic mass is 19.1. The average Bonchev–Trinajstić information content (AvgIpc) is 3.82. The Labute approximate surface area is 295 Å². The maximum Gasteiger partial charge on any atom is 0.245 e. The summed E-state index contributed by atoms with van der Waals surface area (Å²) >= 11 is 0. The average molecular weight is 714 g/mol. The summed E-state index contributed by atoms with van der Waals surface area (Å²) in [4.78, 5) is 41.3. The molecule has 6 aromatic rings. The van der Waals surface area contributed by atoms with Gasteiger partial charge in [0.2, 0.25) is 11.9 Å². The van der Waals surface area contributed by atoms with E-state index in [2.05, 4.69) is 25.4 Å². The molecule has 1 fully saturated rings. The van der Waals surface area contributed by atoms with Gasteiger partial charge in [0.05, 0.1) is 41.0 Å². The highest BCUT2D eigenvalue weighted by Crippen LogP contribution is 2.35. The van der Waals surface area contributed by atoms with E-state index in [1.165, 1.54) is 36.2 Å². The zero-order valence-corrected chi connectivity index (χ0v) is 28.7. The van der Waals surface area contributed by atoms with E-state index >= 15 is 4.39 Å². The minimum Gasteiger partial charge on any atom is -0.378 e. The molecule has 1 N–H and O–H groups in total. The summed E-state index contributed by atoms with van der Waals surface area (Å²) < 4.78 is 58.4. The number of likely N-dealkylation sites (N-methyl/N-ethyl adjacent to an activating group) is 1. The van der Waals surface area contributed by atoms with Gasteiger partial charge in [-0.2, -0.15) is 5.10 Å². The number of aryl methyl sites for hydroxylation is 1. The van der Waals surface area contributed by atoms with Crippen LogP contribution in [0.25, 0.3) is 39.0 Å². The lowest BCUT2D eigenvalue weighted by molar-refractivity contribution is -0.132. The van der Waals surface area contributed by atoms with Crippen LogP contribution in [0, 0.1) is 24.4 Å². The third-order valence-corrected chi connectivity index (χ3v) is 9.56. The fraction of sp³-hybridized carbons (Fsp3) is 0.343. The molecule has 4 aromatic heterocycles. The quantitative estimate of drug-likeness (QED) is 0.277. The van der Waals surface area contributed by atoms with Gasteiger partial charge in [0.15, 0.2) is 17.3 Å². The van der Waals surface area contributed by atoms with Gasteiger partial charge in [-0.15, -0.1) is 0 Å². The Morgan fingerprint density at radius 1 is 0.981 bits per heavy atom. The van der Waals surface area contributed by atoms with Crippen molar-refractivity contribution >= 4 is 39.7 Å². The largest absolute Gasteiger partial charge is 0.378 e. The van der Waals surface area contributed by atoms with Crippen LogP contribution >= 0.6 is 0 Å². The molecule has 3 atom stereocenters. The van der Waals surface area contributed by atoms with Crippen molar-refractivity contribution in [2.75, 3.05) is 44.6 Å². The zero-order valence-electron chi connectivity index (χ0n) is 28.7. The maximum absolute atomic E-state index is 15.0. The van der Waals surface area contributed by atoms with E-state index < -0.39 is 29.6 Å². The second-order valence-corrected chi connectivity index (χ2v) is 13.0. The topological polar surface area (TPSA) is 141 Å². The molecule has 17 heteroatoms. The van der Waals surface area contributed by atoms with Gasteiger partial charge in [0, 0.05) is 64.3 Å². The fourth-order valence-electron chi connectivity index (χ4n) is 7.18. The van der Waals surface area contributed by atoms with Crippen molar-refractivity contribution in [1.82, 2.24) is 44.2 Å². The number of halogens is 3. The second kappa shape index (κ2) is 13.1. The lowest BCUT2D eigenvalue weighted by atomic mass is 10.1. The summed E-state index contributed by atoms with van der Waals surface area (Å²) in [5, 5.41) is 8.26. The smallest absolute Gasteiger partial charge is 0.245 e. The number of aromatic nitrogens is 8. The first-order valence-corrected chi connectivity index (χ1v) is 16.6. The van der Waals surface area contributed by atoms with Crippen LogP contribution in [0.3, 0.4) is 0 Å². The molecule has 8 rings (SSSR count). The molecular formula is C35H34F3N11O3. The number of rotatable bonds is 5. The molecule has 1 amide bonds. The number of anilines is 2. The summed E-state index contributed by atoms with van der Waals surface area (Å²) in [6.07, 6.45) is 2.98. The molecule has 2 aromatic carbocycles. The molecule has 2 aliphatic rings. The number of fused-ring (bicyclic) bond motifs is 6. The van der Waals surface area contributed by atoms with Crippen molar-refractivity contribution in [2.24, 2.45) is 0 Å². The number of nitrogens with one attached hydrogen (secondary N) is 1. The summed E-state index contributed by atoms with van der Waals surface area (Å²) in [6, 6.07) is 6.68. The van der Waals surface area contributed by atoms with Crippen LogP contribution in [0.2, 0.25) is 0 Å². The summed E-state index contributed by atoms with van der Waals surface area (Å²) in [6.45, 7) is 2.71. The number of benzene rings is 2. The van der Waals surface area contributed by atoms with E-state index in [0.717, 1.165) is 12.1 Å². The van der Waals surface area contributed by atoms with Crippen LogP contribution in [0.4, 0.5) is 24.9 Å². The van der Waals surface area contributed by atoms with Gasteiger partial charge >= 0.3 is 0 Å². The van der Waals surface area contributed by atoms with E-state index in [4.69, 9.17) is 19.4 Å². The van der Waals surface area contributed by atoms with Crippen LogP contribution in [0.5, 0.6) is 0 Å². The Bertz CT molecular complexity index is 2350. The van der Waals surface area contributed by atoms with Gasteiger partial charge in [-0.25, -0.2) is 42.8 Å². The van der Waals surface area contributed by atoms with Crippen molar-refractivity contribution in [3.63, 3.8) is 0 Å². The van der Waals surface area contributed by atoms with Crippen molar-refractivity contribution in [3.8, 4) is 16.9 Å². The van der Waals surface area contributed by atoms with Gasteiger partial charge in [0.25, 0.3) is 0 Å². The van der Waals surface area contributed by atoms with E-state index in [1.807, 2.05) is 16.4 Å². The predicted octanol–water partition coefficient (Wildman–Crippen LogP) is 4.04. The number of amides is 1. The molecule has 2 aliphatic heterocycles. The molecule has 0 saturated carbocycles. The number of hydrogen-bond acceptors (Lipinski definition) is 11. The van der Waals surface area contributed by atoms with Crippen LogP contribution in [0.15, 0.2) is 48.8 Å². The third kappa shape index (κ3) is 5.84. The molecule has 52 heavy (non-hydrogen) atoms. The van der Waals surface area contributed by atoms with Gasteiger partial charge in [-0.3, -0.25) is 4.79 Å². The number of imidazole rings is 1. The minimum absolute atomic E-state index is 0.00585. The Kier molecular flexibility index (Phi) is 8.45. The van der Waals surface area contributed by atoms with Crippen molar-refractivity contribution in [2.45, 2.75) is 44.7 Å². The van der Waals surface area contributed by atoms with E-state index in [-0.39, 0.29) is 48.8 Å². The molecule has 1 saturated heterocycles. The lowest BCUT2D eigenvalue weighted by Gasteiger charge is -2.31. The molecule has 6 heterocycles. The van der Waals surface area contributed by atoms with Crippen molar-refractivity contribution < 1.29 is 27.4 Å². The van der Waals surface area contributed by atoms with Gasteiger partial charge in [-0.05, 0) is 37.6 Å². The van der Waals surface area contributed by atoms with Crippen LogP contribution < -0.4 is 10.2 Å². The maximum atomic E-state index is 15.0. The number of hydrogen-bond donors (Lipinski definition) is 1. The molecule has 0 radical (unpaired) electrons. The SMILES string of the molecule is COCc1nc(N2C[C@@H]3C[C@H]2C(=O)N(C)CC(OC)Cn2c(C)nc4cc(F)cc(c42)-c2ccnc(n2)N3)c2cnn(-c3ccc(F)cc3F)c2n1. The van der Waals surface area contributed by atoms with Gasteiger partial charge < -0.3 is 29.2 Å². The Morgan fingerprint density at radius 2 is 1.83 bits per heavy atom. The van der Waals surface area contributed by atoms with Gasteiger partial charge in [-0.1, -0.05) is 0 Å². The summed E-state index contributed by atoms with van der Waals surface area (Å²) in [5.41, 5.74) is 2.47. The molecule has 0 aliphatic carbocycles. The molecule has 4 bridgehead atoms. The highest BCUT2D eigenvalue weighted by molar-refractivity contribution is 5.94. The van der Waals surface area contributed by atoms with Crippen LogP contribution in [-0.2, 0) is 27.4 Å². The van der Waals surface area contributed by atoms with Crippen LogP contribution in [0.1, 0.15) is 18.1 Å². The molecule has 1 unspecified atom stereocenters. The number of carbonyl (C=O) groups excluding carboxylic acids is 1. The van der Waals surface area contributed by atoms with E-state index in [1.54, 1.807) is 31.3 Å². The molecule has 14 nitrogen and oxygen atoms in total. The van der Waals surface area contributed by atoms with Crippen LogP contribution in [-0.4, -0.2) is 103 Å². The Hall–Kier alpha value is -5.68. The highest BCUT2D eigenvalue weighted by Gasteiger charge is 2.41. The molecular weight excluding hydrogens is 679 g/mol. The standard InChI is InChI=1S/C35H34F3N11O3/c1-18-41-27-11-20(37)9-23-26-7-8-39-35(43-26)42-21-12-29(34(50)46(2)15-22(52-4)16-47(18)31(23)27)48(14-21)32-24-13-40-49(28-6-5-19(36)10-25(28)38)33(24)45-30(44-32)17-51-3/h5-11,13,21-22,29H,12,14-17H2,1-4H3,(H,39,42,43)/t21-,22?,29-/m0/s1. The Balaban J connectivity index is 1.25. The van der Waals surface area contributed by atoms with Gasteiger partial charge in [0.1, 0.15) is 41.6 Å². The zero-order chi connectivity index (χ0) is 36.3.